The molecule has 1 heterocycles. The van der Waals surface area contributed by atoms with Crippen LogP contribution in [0.15, 0.2) is 24.3 Å². The molecule has 3 N–H and O–H groups in total. The second-order valence-corrected chi connectivity index (χ2v) is 4.37. The Hall–Kier alpha value is -2.21. The molecule has 2 aromatic rings. The largest absolute Gasteiger partial charge is 0.439 e. The van der Waals surface area contributed by atoms with Gasteiger partial charge in [0.05, 0.1) is 5.56 Å². The second-order valence-electron chi connectivity index (χ2n) is 4.37. The van der Waals surface area contributed by atoms with Gasteiger partial charge >= 0.3 is 0 Å². The number of hydrazine groups is 1. The predicted octanol–water partition coefficient (Wildman–Crippen LogP) is 2.95. The number of aryl methyl sites for hydroxylation is 1. The number of rotatable bonds is 5. The first-order chi connectivity index (χ1) is 9.63. The van der Waals surface area contributed by atoms with Gasteiger partial charge in [-0.25, -0.2) is 15.2 Å². The van der Waals surface area contributed by atoms with Crippen LogP contribution >= 0.6 is 0 Å². The molecule has 0 bridgehead atoms. The van der Waals surface area contributed by atoms with Crippen LogP contribution in [0.3, 0.4) is 0 Å². The van der Waals surface area contributed by atoms with E-state index in [0.717, 1.165) is 12.8 Å². The van der Waals surface area contributed by atoms with Gasteiger partial charge in [-0.2, -0.15) is 4.98 Å². The van der Waals surface area contributed by atoms with Gasteiger partial charge < -0.3 is 10.2 Å². The summed E-state index contributed by atoms with van der Waals surface area (Å²) in [6, 6.07) is 5.76. The lowest BCUT2D eigenvalue weighted by atomic mass is 10.3. The fourth-order valence-electron chi connectivity index (χ4n) is 1.73. The predicted molar refractivity (Wildman–Crippen MR) is 75.0 cm³/mol. The number of halogens is 1. The van der Waals surface area contributed by atoms with E-state index in [1.54, 1.807) is 12.1 Å². The van der Waals surface area contributed by atoms with Crippen molar-refractivity contribution in [2.45, 2.75) is 26.7 Å². The molecule has 0 saturated carbocycles. The van der Waals surface area contributed by atoms with E-state index >= 15 is 0 Å². The molecule has 0 amide bonds. The minimum absolute atomic E-state index is 0.312. The number of anilines is 1. The van der Waals surface area contributed by atoms with Crippen LogP contribution in [0.5, 0.6) is 11.6 Å². The van der Waals surface area contributed by atoms with Crippen molar-refractivity contribution in [3.63, 3.8) is 0 Å². The highest BCUT2D eigenvalue weighted by Crippen LogP contribution is 2.27. The van der Waals surface area contributed by atoms with Crippen molar-refractivity contribution in [3.8, 4) is 11.6 Å². The van der Waals surface area contributed by atoms with E-state index in [9.17, 15) is 4.39 Å². The van der Waals surface area contributed by atoms with Gasteiger partial charge in [0, 0.05) is 6.42 Å². The number of hydrogen-bond acceptors (Lipinski definition) is 5. The van der Waals surface area contributed by atoms with E-state index in [1.165, 1.54) is 12.1 Å². The summed E-state index contributed by atoms with van der Waals surface area (Å²) >= 11 is 0. The van der Waals surface area contributed by atoms with Crippen molar-refractivity contribution in [2.75, 3.05) is 5.43 Å². The molecule has 0 saturated heterocycles. The maximum absolute atomic E-state index is 12.9. The zero-order valence-electron chi connectivity index (χ0n) is 11.5. The van der Waals surface area contributed by atoms with Crippen molar-refractivity contribution in [1.29, 1.82) is 0 Å². The lowest BCUT2D eigenvalue weighted by molar-refractivity contribution is 0.453. The summed E-state index contributed by atoms with van der Waals surface area (Å²) in [6.45, 7) is 3.85. The van der Waals surface area contributed by atoms with Gasteiger partial charge in [0.25, 0.3) is 0 Å². The average molecular weight is 276 g/mol. The lowest BCUT2D eigenvalue weighted by Crippen LogP contribution is -2.13. The van der Waals surface area contributed by atoms with Crippen molar-refractivity contribution < 1.29 is 9.13 Å². The summed E-state index contributed by atoms with van der Waals surface area (Å²) in [7, 11) is 0. The highest BCUT2D eigenvalue weighted by Gasteiger charge is 2.12. The fourth-order valence-corrected chi connectivity index (χ4v) is 1.73. The summed E-state index contributed by atoms with van der Waals surface area (Å²) in [6.07, 6.45) is 1.65. The molecule has 2 rings (SSSR count). The average Bonchev–Trinajstić information content (AvgIpc) is 2.45. The highest BCUT2D eigenvalue weighted by molar-refractivity contribution is 5.48. The number of nitrogens with one attached hydrogen (secondary N) is 1. The number of nitrogens with zero attached hydrogens (tertiary/aromatic N) is 2. The molecule has 0 aliphatic carbocycles. The minimum atomic E-state index is -0.312. The molecule has 0 radical (unpaired) electrons. The van der Waals surface area contributed by atoms with Gasteiger partial charge in [-0.05, 0) is 37.6 Å². The molecule has 0 atom stereocenters. The van der Waals surface area contributed by atoms with E-state index in [4.69, 9.17) is 10.6 Å². The number of aromatic nitrogens is 2. The SMILES string of the molecule is CCCc1nc(NN)c(C)c(Oc2ccc(F)cc2)n1. The van der Waals surface area contributed by atoms with Crippen LogP contribution in [0, 0.1) is 12.7 Å². The Morgan fingerprint density at radius 2 is 1.95 bits per heavy atom. The third-order valence-electron chi connectivity index (χ3n) is 2.79. The minimum Gasteiger partial charge on any atom is -0.439 e. The standard InChI is InChI=1S/C14H17FN4O/c1-3-4-12-17-13(19-16)9(2)14(18-12)20-11-7-5-10(15)6-8-11/h5-8H,3-4,16H2,1-2H3,(H,17,18,19). The lowest BCUT2D eigenvalue weighted by Gasteiger charge is -2.12. The van der Waals surface area contributed by atoms with Gasteiger partial charge in [0.2, 0.25) is 5.88 Å². The summed E-state index contributed by atoms with van der Waals surface area (Å²) < 4.78 is 18.6. The third kappa shape index (κ3) is 3.21. The van der Waals surface area contributed by atoms with Crippen LogP contribution in [0.1, 0.15) is 24.7 Å². The number of nitrogen functional groups attached to an aromatic ring is 1. The van der Waals surface area contributed by atoms with Crippen LogP contribution in [0.4, 0.5) is 10.2 Å². The van der Waals surface area contributed by atoms with Gasteiger partial charge in [0.1, 0.15) is 23.2 Å². The molecule has 0 fully saturated rings. The maximum atomic E-state index is 12.9. The van der Waals surface area contributed by atoms with E-state index in [2.05, 4.69) is 15.4 Å². The molecule has 6 heteroatoms. The quantitative estimate of drug-likeness (QED) is 0.649. The molecule has 5 nitrogen and oxygen atoms in total. The smallest absolute Gasteiger partial charge is 0.227 e. The van der Waals surface area contributed by atoms with Gasteiger partial charge in [-0.3, -0.25) is 0 Å². The Bertz CT molecular complexity index is 586. The van der Waals surface area contributed by atoms with Gasteiger partial charge in [-0.1, -0.05) is 6.92 Å². The first-order valence-electron chi connectivity index (χ1n) is 6.41. The van der Waals surface area contributed by atoms with Crippen LogP contribution < -0.4 is 16.0 Å². The Balaban J connectivity index is 2.33. The monoisotopic (exact) mass is 276 g/mol. The zero-order valence-corrected chi connectivity index (χ0v) is 11.5. The van der Waals surface area contributed by atoms with Crippen LogP contribution in [0.25, 0.3) is 0 Å². The number of ether oxygens (including phenoxy) is 1. The second kappa shape index (κ2) is 6.29. The van der Waals surface area contributed by atoms with Gasteiger partial charge in [0.15, 0.2) is 0 Å². The number of nitrogens with two attached hydrogens (primary N) is 1. The Morgan fingerprint density at radius 3 is 2.55 bits per heavy atom. The topological polar surface area (TPSA) is 73.1 Å². The molecular formula is C14H17FN4O. The first-order valence-corrected chi connectivity index (χ1v) is 6.41. The molecule has 1 aromatic carbocycles. The van der Waals surface area contributed by atoms with E-state index < -0.39 is 0 Å². The molecule has 1 aromatic heterocycles. The van der Waals surface area contributed by atoms with Crippen LogP contribution in [-0.2, 0) is 6.42 Å². The van der Waals surface area contributed by atoms with E-state index in [0.29, 0.717) is 28.8 Å². The zero-order chi connectivity index (χ0) is 14.5. The van der Waals surface area contributed by atoms with E-state index in [1.807, 2.05) is 13.8 Å². The Morgan fingerprint density at radius 1 is 1.25 bits per heavy atom. The molecule has 106 valence electrons. The van der Waals surface area contributed by atoms with Crippen molar-refractivity contribution in [3.05, 3.63) is 41.5 Å². The molecule has 0 unspecified atom stereocenters. The summed E-state index contributed by atoms with van der Waals surface area (Å²) in [5, 5.41) is 0. The van der Waals surface area contributed by atoms with Crippen molar-refractivity contribution in [2.24, 2.45) is 5.84 Å². The third-order valence-corrected chi connectivity index (χ3v) is 2.79. The molecule has 0 spiro atoms. The number of benzene rings is 1. The highest BCUT2D eigenvalue weighted by atomic mass is 19.1. The van der Waals surface area contributed by atoms with Crippen LogP contribution in [0.2, 0.25) is 0 Å². The van der Waals surface area contributed by atoms with Gasteiger partial charge in [-0.15, -0.1) is 0 Å². The summed E-state index contributed by atoms with van der Waals surface area (Å²) in [5.41, 5.74) is 3.24. The number of hydrogen-bond donors (Lipinski definition) is 2. The molecule has 0 aliphatic heterocycles. The van der Waals surface area contributed by atoms with Crippen molar-refractivity contribution in [1.82, 2.24) is 9.97 Å². The van der Waals surface area contributed by atoms with Crippen molar-refractivity contribution >= 4 is 5.82 Å². The maximum Gasteiger partial charge on any atom is 0.227 e. The molecule has 0 aliphatic rings. The Labute approximate surface area is 117 Å². The van der Waals surface area contributed by atoms with E-state index in [-0.39, 0.29) is 5.82 Å². The fraction of sp³-hybridized carbons (Fsp3) is 0.286. The molecular weight excluding hydrogens is 259 g/mol. The normalized spacial score (nSPS) is 10.4. The summed E-state index contributed by atoms with van der Waals surface area (Å²) in [4.78, 5) is 8.68. The molecule has 20 heavy (non-hydrogen) atoms. The first kappa shape index (κ1) is 14.2. The van der Waals surface area contributed by atoms with Crippen LogP contribution in [-0.4, -0.2) is 9.97 Å². The summed E-state index contributed by atoms with van der Waals surface area (Å²) in [5.74, 6) is 7.26. The Kier molecular flexibility index (Phi) is 4.47.